The molecule has 0 atom stereocenters. The van der Waals surface area contributed by atoms with Crippen LogP contribution in [0.4, 0.5) is 10.1 Å². The first-order chi connectivity index (χ1) is 13.1. The lowest BCUT2D eigenvalue weighted by Crippen LogP contribution is -2.04. The van der Waals surface area contributed by atoms with Gasteiger partial charge in [-0.2, -0.15) is 5.26 Å². The van der Waals surface area contributed by atoms with E-state index < -0.39 is 5.82 Å². The van der Waals surface area contributed by atoms with Gasteiger partial charge in [0.25, 0.3) is 0 Å². The maximum absolute atomic E-state index is 14.3. The highest BCUT2D eigenvalue weighted by atomic mass is 19.1. The van der Waals surface area contributed by atoms with Gasteiger partial charge < -0.3 is 10.1 Å². The van der Waals surface area contributed by atoms with Gasteiger partial charge in [-0.25, -0.2) is 4.39 Å². The number of nitriles is 1. The van der Waals surface area contributed by atoms with E-state index >= 15 is 0 Å². The highest BCUT2D eigenvalue weighted by Crippen LogP contribution is 2.25. The van der Waals surface area contributed by atoms with Crippen LogP contribution in [0.15, 0.2) is 60.9 Å². The number of halogens is 1. The van der Waals surface area contributed by atoms with Gasteiger partial charge in [0.2, 0.25) is 0 Å². The topological polar surface area (TPSA) is 75.0 Å². The number of aromatic nitrogens is 1. The summed E-state index contributed by atoms with van der Waals surface area (Å²) in [4.78, 5) is 15.4. The lowest BCUT2D eigenvalue weighted by molar-refractivity contribution is 0.101. The minimum Gasteiger partial charge on any atom is -0.453 e. The Hall–Kier alpha value is -3.72. The fourth-order valence-electron chi connectivity index (χ4n) is 2.48. The van der Waals surface area contributed by atoms with Crippen molar-refractivity contribution in [3.05, 3.63) is 83.4 Å². The lowest BCUT2D eigenvalue weighted by Gasteiger charge is -2.11. The fraction of sp³-hybridized carbons (Fsp3) is 0.0952. The average Bonchev–Trinajstić information content (AvgIpc) is 2.68. The van der Waals surface area contributed by atoms with Crippen LogP contribution >= 0.6 is 0 Å². The highest BCUT2D eigenvalue weighted by Gasteiger charge is 2.09. The first kappa shape index (κ1) is 18.1. The van der Waals surface area contributed by atoms with Crippen LogP contribution in [0.3, 0.4) is 0 Å². The summed E-state index contributed by atoms with van der Waals surface area (Å²) in [7, 11) is 0. The van der Waals surface area contributed by atoms with Crippen LogP contribution in [0.25, 0.3) is 0 Å². The SMILES string of the molecule is CC(=O)c1ccc(C#N)c(NCc2ccc(Oc3cccnc3)c(F)c2)c1. The van der Waals surface area contributed by atoms with Crippen LogP contribution in [0.1, 0.15) is 28.4 Å². The van der Waals surface area contributed by atoms with E-state index in [-0.39, 0.29) is 11.5 Å². The summed E-state index contributed by atoms with van der Waals surface area (Å²) in [6, 6.07) is 14.9. The summed E-state index contributed by atoms with van der Waals surface area (Å²) in [5.41, 5.74) is 2.12. The second kappa shape index (κ2) is 8.11. The van der Waals surface area contributed by atoms with Gasteiger partial charge in [-0.3, -0.25) is 9.78 Å². The zero-order chi connectivity index (χ0) is 19.2. The Balaban J connectivity index is 1.74. The van der Waals surface area contributed by atoms with Crippen molar-refractivity contribution in [1.82, 2.24) is 4.98 Å². The van der Waals surface area contributed by atoms with E-state index in [0.717, 1.165) is 0 Å². The number of carbonyl (C=O) groups excluding carboxylic acids is 1. The molecule has 3 rings (SSSR count). The Kier molecular flexibility index (Phi) is 5.43. The molecular formula is C21H16FN3O2. The van der Waals surface area contributed by atoms with E-state index in [0.29, 0.717) is 34.7 Å². The van der Waals surface area contributed by atoms with Gasteiger partial charge in [-0.05, 0) is 55.0 Å². The molecule has 134 valence electrons. The molecule has 0 saturated heterocycles. The van der Waals surface area contributed by atoms with Crippen LogP contribution in [0, 0.1) is 17.1 Å². The molecular weight excluding hydrogens is 345 g/mol. The summed E-state index contributed by atoms with van der Waals surface area (Å²) in [6.07, 6.45) is 3.11. The van der Waals surface area contributed by atoms with Gasteiger partial charge >= 0.3 is 0 Å². The molecule has 27 heavy (non-hydrogen) atoms. The molecule has 0 amide bonds. The zero-order valence-electron chi connectivity index (χ0n) is 14.6. The first-order valence-corrected chi connectivity index (χ1v) is 8.22. The Labute approximate surface area is 156 Å². The Bertz CT molecular complexity index is 1010. The van der Waals surface area contributed by atoms with Crippen LogP contribution < -0.4 is 10.1 Å². The number of rotatable bonds is 6. The molecule has 3 aromatic rings. The van der Waals surface area contributed by atoms with Gasteiger partial charge in [0.15, 0.2) is 17.3 Å². The highest BCUT2D eigenvalue weighted by molar-refractivity contribution is 5.95. The molecule has 0 saturated carbocycles. The van der Waals surface area contributed by atoms with Gasteiger partial charge in [0, 0.05) is 18.3 Å². The standard InChI is InChI=1S/C21H16FN3O2/c1-14(26)16-5-6-17(11-23)20(10-16)25-12-15-4-7-21(19(22)9-15)27-18-3-2-8-24-13-18/h2-10,13,25H,12H2,1H3. The molecule has 0 fully saturated rings. The van der Waals surface area contributed by atoms with Gasteiger partial charge in [0.05, 0.1) is 17.4 Å². The Morgan fingerprint density at radius 1 is 1.26 bits per heavy atom. The maximum atomic E-state index is 14.3. The van der Waals surface area contributed by atoms with Crippen molar-refractivity contribution in [1.29, 1.82) is 5.26 Å². The van der Waals surface area contributed by atoms with E-state index in [2.05, 4.69) is 16.4 Å². The number of pyridine rings is 1. The monoisotopic (exact) mass is 361 g/mol. The molecule has 6 heteroatoms. The quantitative estimate of drug-likeness (QED) is 0.644. The van der Waals surface area contributed by atoms with Crippen molar-refractivity contribution in [2.45, 2.75) is 13.5 Å². The third kappa shape index (κ3) is 4.47. The number of ketones is 1. The van der Waals surface area contributed by atoms with Crippen LogP contribution in [-0.2, 0) is 6.54 Å². The number of benzene rings is 2. The number of carbonyl (C=O) groups is 1. The lowest BCUT2D eigenvalue weighted by atomic mass is 10.1. The molecule has 2 aromatic carbocycles. The summed E-state index contributed by atoms with van der Waals surface area (Å²) < 4.78 is 19.8. The van der Waals surface area contributed by atoms with Crippen LogP contribution in [0.2, 0.25) is 0 Å². The number of nitrogens with one attached hydrogen (secondary N) is 1. The van der Waals surface area contributed by atoms with Crippen molar-refractivity contribution in [3.63, 3.8) is 0 Å². The number of hydrogen-bond acceptors (Lipinski definition) is 5. The molecule has 0 aliphatic carbocycles. The minimum absolute atomic E-state index is 0.0921. The summed E-state index contributed by atoms with van der Waals surface area (Å²) >= 11 is 0. The molecule has 0 radical (unpaired) electrons. The third-order valence-corrected chi connectivity index (χ3v) is 3.89. The van der Waals surface area contributed by atoms with Crippen molar-refractivity contribution >= 4 is 11.5 Å². The fourth-order valence-corrected chi connectivity index (χ4v) is 2.48. The predicted molar refractivity (Wildman–Crippen MR) is 99.2 cm³/mol. The number of ether oxygens (including phenoxy) is 1. The maximum Gasteiger partial charge on any atom is 0.166 e. The molecule has 0 unspecified atom stereocenters. The smallest absolute Gasteiger partial charge is 0.166 e. The van der Waals surface area contributed by atoms with Gasteiger partial charge in [0.1, 0.15) is 11.8 Å². The summed E-state index contributed by atoms with van der Waals surface area (Å²) in [5, 5.41) is 12.3. The van der Waals surface area contributed by atoms with Crippen LogP contribution in [0.5, 0.6) is 11.5 Å². The van der Waals surface area contributed by atoms with Crippen molar-refractivity contribution in [3.8, 4) is 17.6 Å². The average molecular weight is 361 g/mol. The van der Waals surface area contributed by atoms with Crippen molar-refractivity contribution < 1.29 is 13.9 Å². The summed E-state index contributed by atoms with van der Waals surface area (Å²) in [6.45, 7) is 1.75. The van der Waals surface area contributed by atoms with E-state index in [1.165, 1.54) is 25.3 Å². The third-order valence-electron chi connectivity index (χ3n) is 3.89. The number of Topliss-reactive ketones (excluding diaryl/α,β-unsaturated/α-hetero) is 1. The number of anilines is 1. The second-order valence-corrected chi connectivity index (χ2v) is 5.84. The first-order valence-electron chi connectivity index (χ1n) is 8.22. The van der Waals surface area contributed by atoms with Crippen molar-refractivity contribution in [2.75, 3.05) is 5.32 Å². The number of hydrogen-bond donors (Lipinski definition) is 1. The van der Waals surface area contributed by atoms with E-state index in [1.807, 2.05) is 0 Å². The van der Waals surface area contributed by atoms with Gasteiger partial charge in [-0.1, -0.05) is 6.07 Å². The Morgan fingerprint density at radius 2 is 2.11 bits per heavy atom. The zero-order valence-corrected chi connectivity index (χ0v) is 14.6. The molecule has 1 N–H and O–H groups in total. The molecule has 5 nitrogen and oxygen atoms in total. The minimum atomic E-state index is -0.504. The summed E-state index contributed by atoms with van der Waals surface area (Å²) in [5.74, 6) is -0.0494. The molecule has 0 aliphatic rings. The van der Waals surface area contributed by atoms with E-state index in [9.17, 15) is 14.4 Å². The van der Waals surface area contributed by atoms with E-state index in [4.69, 9.17) is 4.74 Å². The molecule has 1 aromatic heterocycles. The largest absolute Gasteiger partial charge is 0.453 e. The van der Waals surface area contributed by atoms with Crippen molar-refractivity contribution in [2.24, 2.45) is 0 Å². The number of nitrogens with zero attached hydrogens (tertiary/aromatic N) is 2. The van der Waals surface area contributed by atoms with Crippen LogP contribution in [-0.4, -0.2) is 10.8 Å². The normalized spacial score (nSPS) is 10.1. The molecule has 0 spiro atoms. The molecule has 0 bridgehead atoms. The predicted octanol–water partition coefficient (Wildman–Crippen LogP) is 4.70. The van der Waals surface area contributed by atoms with E-state index in [1.54, 1.807) is 42.6 Å². The molecule has 0 aliphatic heterocycles. The Morgan fingerprint density at radius 3 is 2.78 bits per heavy atom. The van der Waals surface area contributed by atoms with Gasteiger partial charge in [-0.15, -0.1) is 0 Å². The second-order valence-electron chi connectivity index (χ2n) is 5.84. The molecule has 1 heterocycles.